The third kappa shape index (κ3) is 5.31. The molecule has 6 atom stereocenters. The highest BCUT2D eigenvalue weighted by atomic mass is 16.7. The molecule has 1 saturated heterocycles. The number of epoxide rings is 1. The molecule has 7 heteroatoms. The Balaban J connectivity index is 2.07. The number of Topliss-reactive ketones (excluding diaryl/α,β-unsaturated/α-hetero) is 1. The van der Waals surface area contributed by atoms with Gasteiger partial charge in [0.25, 0.3) is 0 Å². The predicted octanol–water partition coefficient (Wildman–Crippen LogP) is 5.13. The molecule has 7 nitrogen and oxygen atoms in total. The fraction of sp³-hybridized carbons (Fsp3) is 0.862. The van der Waals surface area contributed by atoms with Gasteiger partial charge in [-0.1, -0.05) is 60.3 Å². The number of unbranched alkanes of at least 4 members (excludes halogenated alkanes) is 3. The van der Waals surface area contributed by atoms with Crippen LogP contribution in [0, 0.1) is 16.7 Å². The first-order valence-electron chi connectivity index (χ1n) is 14.1. The van der Waals surface area contributed by atoms with Gasteiger partial charge < -0.3 is 24.1 Å². The van der Waals surface area contributed by atoms with Crippen molar-refractivity contribution >= 4 is 11.8 Å². The lowest BCUT2D eigenvalue weighted by Gasteiger charge is -2.57. The summed E-state index contributed by atoms with van der Waals surface area (Å²) in [5, 5.41) is 11.7. The standard InChI is InChI=1S/C29H48O7/c1-7-10-16-33-22(31)19-21-28(6)15-13-14-27(5,20(4)30)24(28)23(32)25-29(21,36-25)26(34-17-11-8-2)35-18-12-9-3/h19,23-26,32H,7-18H2,1-6H3/b21-19-/t23-,24-,25+,27+,28+,29-/m0/s1. The Labute approximate surface area is 217 Å². The molecule has 206 valence electrons. The van der Waals surface area contributed by atoms with Gasteiger partial charge in [-0.05, 0) is 50.0 Å². The van der Waals surface area contributed by atoms with Crippen molar-refractivity contribution in [3.63, 3.8) is 0 Å². The normalized spacial score (nSPS) is 36.4. The molecule has 1 heterocycles. The zero-order valence-electron chi connectivity index (χ0n) is 23.3. The van der Waals surface area contributed by atoms with Gasteiger partial charge in [0.1, 0.15) is 11.9 Å². The second kappa shape index (κ2) is 12.1. The summed E-state index contributed by atoms with van der Waals surface area (Å²) in [5.74, 6) is -0.733. The van der Waals surface area contributed by atoms with Gasteiger partial charge >= 0.3 is 5.97 Å². The van der Waals surface area contributed by atoms with Gasteiger partial charge in [0.2, 0.25) is 0 Å². The average molecular weight is 509 g/mol. The number of carbonyl (C=O) groups is 2. The van der Waals surface area contributed by atoms with Crippen molar-refractivity contribution in [1.82, 2.24) is 0 Å². The summed E-state index contributed by atoms with van der Waals surface area (Å²) in [6.07, 6.45) is 7.04. The summed E-state index contributed by atoms with van der Waals surface area (Å²) in [6, 6.07) is 0. The molecule has 0 aromatic carbocycles. The Morgan fingerprint density at radius 2 is 1.61 bits per heavy atom. The van der Waals surface area contributed by atoms with Gasteiger partial charge in [-0.3, -0.25) is 4.79 Å². The lowest BCUT2D eigenvalue weighted by molar-refractivity contribution is -0.185. The fourth-order valence-corrected chi connectivity index (χ4v) is 6.66. The molecule has 0 spiro atoms. The first kappa shape index (κ1) is 29.3. The lowest BCUT2D eigenvalue weighted by atomic mass is 9.46. The average Bonchev–Trinajstić information content (AvgIpc) is 3.58. The molecule has 1 aliphatic heterocycles. The molecule has 3 aliphatic rings. The molecule has 0 bridgehead atoms. The maximum Gasteiger partial charge on any atom is 0.330 e. The summed E-state index contributed by atoms with van der Waals surface area (Å²) in [5.41, 5.74) is -1.67. The van der Waals surface area contributed by atoms with Crippen LogP contribution in [0.1, 0.15) is 99.3 Å². The number of carbonyl (C=O) groups excluding carboxylic acids is 2. The number of fused-ring (bicyclic) bond motifs is 2. The van der Waals surface area contributed by atoms with E-state index >= 15 is 0 Å². The van der Waals surface area contributed by atoms with E-state index in [-0.39, 0.29) is 11.7 Å². The molecular formula is C29H48O7. The molecular weight excluding hydrogens is 460 g/mol. The number of hydrogen-bond acceptors (Lipinski definition) is 7. The first-order chi connectivity index (χ1) is 17.1. The molecule has 0 unspecified atom stereocenters. The van der Waals surface area contributed by atoms with Crippen LogP contribution < -0.4 is 0 Å². The van der Waals surface area contributed by atoms with Crippen molar-refractivity contribution < 1.29 is 33.6 Å². The number of rotatable bonds is 14. The number of esters is 1. The monoisotopic (exact) mass is 508 g/mol. The summed E-state index contributed by atoms with van der Waals surface area (Å²) in [4.78, 5) is 26.0. The number of aliphatic hydroxyl groups excluding tert-OH is 1. The minimum Gasteiger partial charge on any atom is -0.463 e. The Bertz CT molecular complexity index is 799. The van der Waals surface area contributed by atoms with E-state index in [1.807, 2.05) is 6.92 Å². The molecule has 3 rings (SSSR count). The molecule has 36 heavy (non-hydrogen) atoms. The number of ether oxygens (including phenoxy) is 4. The van der Waals surface area contributed by atoms with E-state index in [4.69, 9.17) is 18.9 Å². The van der Waals surface area contributed by atoms with Crippen LogP contribution in [0.4, 0.5) is 0 Å². The number of ketones is 1. The molecule has 2 aliphatic carbocycles. The van der Waals surface area contributed by atoms with E-state index in [1.165, 1.54) is 0 Å². The zero-order valence-corrected chi connectivity index (χ0v) is 23.3. The van der Waals surface area contributed by atoms with Crippen molar-refractivity contribution in [1.29, 1.82) is 0 Å². The van der Waals surface area contributed by atoms with E-state index in [1.54, 1.807) is 13.0 Å². The van der Waals surface area contributed by atoms with Crippen molar-refractivity contribution in [3.05, 3.63) is 11.6 Å². The van der Waals surface area contributed by atoms with E-state index in [9.17, 15) is 14.7 Å². The summed E-state index contributed by atoms with van der Waals surface area (Å²) in [7, 11) is 0. The van der Waals surface area contributed by atoms with Crippen LogP contribution in [0.3, 0.4) is 0 Å². The Morgan fingerprint density at radius 3 is 2.17 bits per heavy atom. The SMILES string of the molecule is CCCCOC(=O)/C=C1\[C@]2(C(OCCCC)OCCCC)O[C@@H]2[C@@H](O)[C@H]2[C@@](C)(C(C)=O)CCC[C@]12C. The van der Waals surface area contributed by atoms with Crippen LogP contribution >= 0.6 is 0 Å². The van der Waals surface area contributed by atoms with E-state index in [0.717, 1.165) is 56.9 Å². The lowest BCUT2D eigenvalue weighted by Crippen LogP contribution is -2.62. The van der Waals surface area contributed by atoms with Crippen LogP contribution in [0.15, 0.2) is 11.6 Å². The van der Waals surface area contributed by atoms with E-state index < -0.39 is 40.9 Å². The van der Waals surface area contributed by atoms with Crippen LogP contribution in [0.25, 0.3) is 0 Å². The van der Waals surface area contributed by atoms with Crippen molar-refractivity contribution in [2.24, 2.45) is 16.7 Å². The second-order valence-corrected chi connectivity index (χ2v) is 11.4. The maximum absolute atomic E-state index is 13.1. The molecule has 0 amide bonds. The van der Waals surface area contributed by atoms with Gasteiger partial charge in [-0.2, -0.15) is 0 Å². The smallest absolute Gasteiger partial charge is 0.330 e. The summed E-state index contributed by atoms with van der Waals surface area (Å²) >= 11 is 0. The largest absolute Gasteiger partial charge is 0.463 e. The van der Waals surface area contributed by atoms with Gasteiger partial charge in [0.15, 0.2) is 11.9 Å². The van der Waals surface area contributed by atoms with E-state index in [0.29, 0.717) is 26.2 Å². The number of hydrogen-bond donors (Lipinski definition) is 1. The summed E-state index contributed by atoms with van der Waals surface area (Å²) < 4.78 is 24.5. The molecule has 0 aromatic rings. The second-order valence-electron chi connectivity index (χ2n) is 11.4. The third-order valence-corrected chi connectivity index (χ3v) is 8.83. The van der Waals surface area contributed by atoms with Gasteiger partial charge in [0.05, 0.1) is 12.7 Å². The summed E-state index contributed by atoms with van der Waals surface area (Å²) in [6.45, 7) is 13.2. The van der Waals surface area contributed by atoms with Crippen molar-refractivity contribution in [2.75, 3.05) is 19.8 Å². The predicted molar refractivity (Wildman–Crippen MR) is 137 cm³/mol. The Kier molecular flexibility index (Phi) is 9.81. The molecule has 0 radical (unpaired) electrons. The highest BCUT2D eigenvalue weighted by Crippen LogP contribution is 2.69. The third-order valence-electron chi connectivity index (χ3n) is 8.83. The quantitative estimate of drug-likeness (QED) is 0.114. The van der Waals surface area contributed by atoms with Crippen LogP contribution in [-0.4, -0.2) is 60.8 Å². The molecule has 3 fully saturated rings. The van der Waals surface area contributed by atoms with Crippen LogP contribution in [0.2, 0.25) is 0 Å². The van der Waals surface area contributed by atoms with E-state index in [2.05, 4.69) is 27.7 Å². The first-order valence-corrected chi connectivity index (χ1v) is 14.1. The van der Waals surface area contributed by atoms with Gasteiger partial charge in [0, 0.05) is 30.6 Å². The molecule has 1 N–H and O–H groups in total. The van der Waals surface area contributed by atoms with Crippen molar-refractivity contribution in [3.8, 4) is 0 Å². The minimum atomic E-state index is -1.06. The fourth-order valence-electron chi connectivity index (χ4n) is 6.66. The maximum atomic E-state index is 13.1. The van der Waals surface area contributed by atoms with Gasteiger partial charge in [-0.25, -0.2) is 4.79 Å². The zero-order chi connectivity index (χ0) is 26.6. The minimum absolute atomic E-state index is 0.0606. The topological polar surface area (TPSA) is 94.6 Å². The highest BCUT2D eigenvalue weighted by molar-refractivity contribution is 5.85. The molecule has 0 aromatic heterocycles. The van der Waals surface area contributed by atoms with Crippen molar-refractivity contribution in [2.45, 2.75) is 123 Å². The highest BCUT2D eigenvalue weighted by Gasteiger charge is 2.78. The molecule has 2 saturated carbocycles. The Hall–Kier alpha value is -1.28. The number of aliphatic hydroxyl groups is 1. The van der Waals surface area contributed by atoms with Crippen LogP contribution in [-0.2, 0) is 28.5 Å². The van der Waals surface area contributed by atoms with Gasteiger partial charge in [-0.15, -0.1) is 0 Å². The Morgan fingerprint density at radius 1 is 1.03 bits per heavy atom. The van der Waals surface area contributed by atoms with Crippen LogP contribution in [0.5, 0.6) is 0 Å².